The summed E-state index contributed by atoms with van der Waals surface area (Å²) in [5.74, 6) is 2.36. The van der Waals surface area contributed by atoms with E-state index in [9.17, 15) is 4.79 Å². The Hall–Kier alpha value is -2.84. The number of nitrogens with one attached hydrogen (secondary N) is 1. The molecule has 0 aromatic carbocycles. The molecule has 0 spiro atoms. The Bertz CT molecular complexity index is 928. The van der Waals surface area contributed by atoms with Crippen LogP contribution in [-0.2, 0) is 12.8 Å². The van der Waals surface area contributed by atoms with Crippen molar-refractivity contribution < 1.29 is 9.32 Å². The van der Waals surface area contributed by atoms with Gasteiger partial charge in [0.15, 0.2) is 5.76 Å². The summed E-state index contributed by atoms with van der Waals surface area (Å²) >= 11 is 0. The van der Waals surface area contributed by atoms with Crippen molar-refractivity contribution in [3.8, 4) is 0 Å². The number of nitrogens with two attached hydrogens (primary N) is 1. The summed E-state index contributed by atoms with van der Waals surface area (Å²) in [4.78, 5) is 25.7. The molecule has 168 valence electrons. The zero-order chi connectivity index (χ0) is 22.1. The number of urea groups is 1. The van der Waals surface area contributed by atoms with Crippen LogP contribution in [0.1, 0.15) is 61.2 Å². The van der Waals surface area contributed by atoms with Crippen LogP contribution in [0.2, 0.25) is 0 Å². The second-order valence-electron chi connectivity index (χ2n) is 8.93. The van der Waals surface area contributed by atoms with Crippen LogP contribution in [0.3, 0.4) is 0 Å². The van der Waals surface area contributed by atoms with Gasteiger partial charge in [0, 0.05) is 31.7 Å². The number of hydrogen-bond donors (Lipinski definition) is 2. The van der Waals surface area contributed by atoms with Crippen LogP contribution < -0.4 is 20.9 Å². The summed E-state index contributed by atoms with van der Waals surface area (Å²) in [5, 5.41) is 7.54. The summed E-state index contributed by atoms with van der Waals surface area (Å²) < 4.78 is 5.26. The fraction of sp³-hybridized carbons (Fsp3) is 0.636. The summed E-state index contributed by atoms with van der Waals surface area (Å²) in [6, 6.07) is -0.152. The van der Waals surface area contributed by atoms with E-state index >= 15 is 0 Å². The van der Waals surface area contributed by atoms with E-state index in [1.807, 2.05) is 27.9 Å². The molecule has 3 N–H and O–H groups in total. The fourth-order valence-corrected chi connectivity index (χ4v) is 4.96. The Morgan fingerprint density at radius 2 is 1.81 bits per heavy atom. The maximum atomic E-state index is 12.3. The first-order valence-electron chi connectivity index (χ1n) is 11.2. The number of aryl methyl sites for hydroxylation is 3. The zero-order valence-corrected chi connectivity index (χ0v) is 18.9. The first kappa shape index (κ1) is 21.4. The molecule has 2 heterocycles. The van der Waals surface area contributed by atoms with E-state index in [1.165, 1.54) is 24.1 Å². The van der Waals surface area contributed by atoms with E-state index in [0.717, 1.165) is 44.3 Å². The third-order valence-electron chi connectivity index (χ3n) is 6.45. The van der Waals surface area contributed by atoms with Gasteiger partial charge in [-0.2, -0.15) is 4.98 Å². The summed E-state index contributed by atoms with van der Waals surface area (Å²) in [5.41, 5.74) is 9.61. The molecule has 4 rings (SSSR count). The number of amides is 2. The standard InChI is InChI=1S/C22H33N7O2/c1-13-19(14(2)31-27-13)29(21(23)30)16-11-9-15(10-12-16)24-22-25-18-8-6-5-7-17(18)20(26-22)28(3)4/h15-16H,5-12H2,1-4H3,(H2,23,30)(H,24,25,26). The molecule has 2 aromatic heterocycles. The largest absolute Gasteiger partial charge is 0.362 e. The molecule has 9 nitrogen and oxygen atoms in total. The number of fused-ring (bicyclic) bond motifs is 1. The molecule has 1 fully saturated rings. The summed E-state index contributed by atoms with van der Waals surface area (Å²) in [7, 11) is 4.08. The number of carbonyl (C=O) groups is 1. The Morgan fingerprint density at radius 1 is 1.10 bits per heavy atom. The van der Waals surface area contributed by atoms with Crippen molar-refractivity contribution in [3.63, 3.8) is 0 Å². The van der Waals surface area contributed by atoms with Gasteiger partial charge >= 0.3 is 6.03 Å². The first-order chi connectivity index (χ1) is 14.8. The Labute approximate surface area is 183 Å². The van der Waals surface area contributed by atoms with Gasteiger partial charge in [-0.3, -0.25) is 4.90 Å². The van der Waals surface area contributed by atoms with Crippen LogP contribution in [0, 0.1) is 13.8 Å². The van der Waals surface area contributed by atoms with Gasteiger partial charge in [-0.15, -0.1) is 0 Å². The smallest absolute Gasteiger partial charge is 0.319 e. The van der Waals surface area contributed by atoms with E-state index in [2.05, 4.69) is 15.4 Å². The number of carbonyl (C=O) groups excluding carboxylic acids is 1. The molecule has 2 aliphatic rings. The van der Waals surface area contributed by atoms with Crippen molar-refractivity contribution in [1.29, 1.82) is 0 Å². The third-order valence-corrected chi connectivity index (χ3v) is 6.45. The van der Waals surface area contributed by atoms with Crippen LogP contribution in [0.5, 0.6) is 0 Å². The van der Waals surface area contributed by atoms with E-state index < -0.39 is 6.03 Å². The number of primary amides is 1. The van der Waals surface area contributed by atoms with Gasteiger partial charge in [0.25, 0.3) is 0 Å². The van der Waals surface area contributed by atoms with E-state index in [0.29, 0.717) is 23.1 Å². The molecule has 0 aliphatic heterocycles. The molecule has 0 saturated heterocycles. The number of rotatable bonds is 5. The number of anilines is 3. The van der Waals surface area contributed by atoms with Gasteiger partial charge in [-0.05, 0) is 65.2 Å². The molecule has 0 radical (unpaired) electrons. The van der Waals surface area contributed by atoms with Crippen molar-refractivity contribution in [3.05, 3.63) is 22.7 Å². The molecule has 0 unspecified atom stereocenters. The predicted molar refractivity (Wildman–Crippen MR) is 121 cm³/mol. The Balaban J connectivity index is 1.46. The molecule has 2 aromatic rings. The molecule has 0 atom stereocenters. The number of hydrogen-bond acceptors (Lipinski definition) is 7. The van der Waals surface area contributed by atoms with Crippen molar-refractivity contribution in [1.82, 2.24) is 15.1 Å². The van der Waals surface area contributed by atoms with Crippen LogP contribution in [-0.4, -0.2) is 47.3 Å². The minimum Gasteiger partial charge on any atom is -0.362 e. The number of nitrogens with zero attached hydrogens (tertiary/aromatic N) is 5. The van der Waals surface area contributed by atoms with Gasteiger partial charge in [0.2, 0.25) is 5.95 Å². The SMILES string of the molecule is Cc1noc(C)c1N(C(N)=O)C1CCC(Nc2nc3c(c(N(C)C)n2)CCCC3)CC1. The highest BCUT2D eigenvalue weighted by atomic mass is 16.5. The van der Waals surface area contributed by atoms with E-state index in [-0.39, 0.29) is 12.1 Å². The quantitative estimate of drug-likeness (QED) is 0.752. The fourth-order valence-electron chi connectivity index (χ4n) is 4.96. The molecule has 0 bridgehead atoms. The molecular formula is C22H33N7O2. The van der Waals surface area contributed by atoms with Crippen LogP contribution in [0.25, 0.3) is 0 Å². The maximum absolute atomic E-state index is 12.3. The molecule has 9 heteroatoms. The zero-order valence-electron chi connectivity index (χ0n) is 18.9. The highest BCUT2D eigenvalue weighted by molar-refractivity contribution is 5.92. The van der Waals surface area contributed by atoms with Crippen LogP contribution in [0.15, 0.2) is 4.52 Å². The van der Waals surface area contributed by atoms with Crippen LogP contribution >= 0.6 is 0 Å². The second kappa shape index (κ2) is 8.72. The van der Waals surface area contributed by atoms with Gasteiger partial charge in [-0.1, -0.05) is 5.16 Å². The minimum absolute atomic E-state index is 0.0362. The topological polar surface area (TPSA) is 113 Å². The predicted octanol–water partition coefficient (Wildman–Crippen LogP) is 3.33. The molecular weight excluding hydrogens is 394 g/mol. The lowest BCUT2D eigenvalue weighted by Crippen LogP contribution is -2.47. The monoisotopic (exact) mass is 427 g/mol. The molecule has 31 heavy (non-hydrogen) atoms. The lowest BCUT2D eigenvalue weighted by molar-refractivity contribution is 0.248. The number of aromatic nitrogens is 3. The van der Waals surface area contributed by atoms with Gasteiger partial charge < -0.3 is 20.5 Å². The van der Waals surface area contributed by atoms with Gasteiger partial charge in [-0.25, -0.2) is 9.78 Å². The molecule has 2 amide bonds. The maximum Gasteiger partial charge on any atom is 0.319 e. The van der Waals surface area contributed by atoms with Crippen LogP contribution in [0.4, 0.5) is 22.2 Å². The first-order valence-corrected chi connectivity index (χ1v) is 11.2. The normalized spacial score (nSPS) is 20.8. The van der Waals surface area contributed by atoms with Crippen molar-refractivity contribution in [2.24, 2.45) is 5.73 Å². The third kappa shape index (κ3) is 4.31. The van der Waals surface area contributed by atoms with E-state index in [4.69, 9.17) is 20.2 Å². The molecule has 2 aliphatic carbocycles. The summed E-state index contributed by atoms with van der Waals surface area (Å²) in [6.45, 7) is 3.65. The summed E-state index contributed by atoms with van der Waals surface area (Å²) in [6.07, 6.45) is 7.98. The van der Waals surface area contributed by atoms with E-state index in [1.54, 1.807) is 4.90 Å². The average Bonchev–Trinajstić information content (AvgIpc) is 3.07. The highest BCUT2D eigenvalue weighted by Gasteiger charge is 2.32. The van der Waals surface area contributed by atoms with Crippen molar-refractivity contribution >= 4 is 23.5 Å². The average molecular weight is 428 g/mol. The molecule has 1 saturated carbocycles. The lowest BCUT2D eigenvalue weighted by atomic mass is 9.90. The lowest BCUT2D eigenvalue weighted by Gasteiger charge is -2.36. The van der Waals surface area contributed by atoms with Crippen molar-refractivity contribution in [2.45, 2.75) is 77.3 Å². The Kier molecular flexibility index (Phi) is 6.02. The van der Waals surface area contributed by atoms with Gasteiger partial charge in [0.05, 0.1) is 5.69 Å². The van der Waals surface area contributed by atoms with Gasteiger partial charge in [0.1, 0.15) is 17.2 Å². The Morgan fingerprint density at radius 3 is 2.42 bits per heavy atom. The van der Waals surface area contributed by atoms with Crippen molar-refractivity contribution in [2.75, 3.05) is 29.2 Å². The minimum atomic E-state index is -0.459. The highest BCUT2D eigenvalue weighted by Crippen LogP contribution is 2.33. The second-order valence-corrected chi connectivity index (χ2v) is 8.93.